The van der Waals surface area contributed by atoms with Crippen LogP contribution in [0.2, 0.25) is 0 Å². The number of benzene rings is 2. The van der Waals surface area contributed by atoms with E-state index in [1.807, 2.05) is 0 Å². The molecule has 0 aromatic heterocycles. The molecular formula is C14H12BrFN2O3. The fraction of sp³-hybridized carbons (Fsp3) is 0.143. The number of methoxy groups -OCH3 is 1. The minimum absolute atomic E-state index is 0.102. The van der Waals surface area contributed by atoms with Crippen molar-refractivity contribution in [3.05, 3.63) is 62.4 Å². The number of nitro groups is 1. The molecule has 0 saturated heterocycles. The first kappa shape index (κ1) is 15.2. The SMILES string of the molecule is COc1ccc(CNc2cc(F)ccc2Br)cc1[N+](=O)[O-]. The quantitative estimate of drug-likeness (QED) is 0.647. The minimum Gasteiger partial charge on any atom is -0.490 e. The first-order chi connectivity index (χ1) is 10.0. The van der Waals surface area contributed by atoms with E-state index >= 15 is 0 Å². The van der Waals surface area contributed by atoms with Crippen LogP contribution >= 0.6 is 15.9 Å². The molecule has 0 amide bonds. The van der Waals surface area contributed by atoms with Gasteiger partial charge in [0.1, 0.15) is 5.82 Å². The maximum absolute atomic E-state index is 13.2. The van der Waals surface area contributed by atoms with E-state index in [0.29, 0.717) is 22.3 Å². The second kappa shape index (κ2) is 6.53. The number of nitro benzene ring substituents is 1. The summed E-state index contributed by atoms with van der Waals surface area (Å²) >= 11 is 3.31. The van der Waals surface area contributed by atoms with E-state index in [9.17, 15) is 14.5 Å². The summed E-state index contributed by atoms with van der Waals surface area (Å²) in [4.78, 5) is 10.5. The highest BCUT2D eigenvalue weighted by Crippen LogP contribution is 2.28. The van der Waals surface area contributed by atoms with E-state index in [-0.39, 0.29) is 17.3 Å². The Bertz CT molecular complexity index is 679. The van der Waals surface area contributed by atoms with Crippen LogP contribution in [0.1, 0.15) is 5.56 Å². The van der Waals surface area contributed by atoms with Gasteiger partial charge < -0.3 is 10.1 Å². The van der Waals surface area contributed by atoms with E-state index in [1.54, 1.807) is 12.1 Å². The maximum Gasteiger partial charge on any atom is 0.311 e. The van der Waals surface area contributed by atoms with Crippen molar-refractivity contribution < 1.29 is 14.1 Å². The standard InChI is InChI=1S/C14H12BrFN2O3/c1-21-14-5-2-9(6-13(14)18(19)20)8-17-12-7-10(16)3-4-11(12)15/h2-7,17H,8H2,1H3. The molecule has 2 rings (SSSR count). The van der Waals surface area contributed by atoms with Gasteiger partial charge in [-0.2, -0.15) is 0 Å². The third-order valence-corrected chi connectivity index (χ3v) is 3.54. The predicted octanol–water partition coefficient (Wildman–Crippen LogP) is 4.12. The summed E-state index contributed by atoms with van der Waals surface area (Å²) in [6, 6.07) is 8.96. The van der Waals surface area contributed by atoms with Gasteiger partial charge in [-0.3, -0.25) is 10.1 Å². The van der Waals surface area contributed by atoms with Gasteiger partial charge in [0.2, 0.25) is 0 Å². The van der Waals surface area contributed by atoms with Crippen LogP contribution in [0, 0.1) is 15.9 Å². The number of nitrogens with one attached hydrogen (secondary N) is 1. The number of hydrogen-bond acceptors (Lipinski definition) is 4. The zero-order valence-corrected chi connectivity index (χ0v) is 12.7. The topological polar surface area (TPSA) is 64.4 Å². The molecule has 2 aromatic carbocycles. The number of rotatable bonds is 5. The molecule has 0 radical (unpaired) electrons. The van der Waals surface area contributed by atoms with Gasteiger partial charge in [0.05, 0.1) is 17.7 Å². The van der Waals surface area contributed by atoms with Crippen LogP contribution in [0.3, 0.4) is 0 Å². The summed E-state index contributed by atoms with van der Waals surface area (Å²) in [6.07, 6.45) is 0. The molecule has 0 aliphatic carbocycles. The highest BCUT2D eigenvalue weighted by molar-refractivity contribution is 9.10. The second-order valence-corrected chi connectivity index (χ2v) is 5.10. The Morgan fingerprint density at radius 1 is 1.33 bits per heavy atom. The van der Waals surface area contributed by atoms with Gasteiger partial charge in [-0.25, -0.2) is 4.39 Å². The molecule has 21 heavy (non-hydrogen) atoms. The Balaban J connectivity index is 2.18. The highest BCUT2D eigenvalue weighted by Gasteiger charge is 2.15. The Labute approximate surface area is 129 Å². The van der Waals surface area contributed by atoms with Crippen LogP contribution in [0.4, 0.5) is 15.8 Å². The van der Waals surface area contributed by atoms with E-state index in [4.69, 9.17) is 4.74 Å². The molecule has 0 fully saturated rings. The fourth-order valence-corrected chi connectivity index (χ4v) is 2.21. The van der Waals surface area contributed by atoms with Gasteiger partial charge >= 0.3 is 5.69 Å². The lowest BCUT2D eigenvalue weighted by molar-refractivity contribution is -0.385. The molecule has 0 aliphatic heterocycles. The number of nitrogens with zero attached hydrogens (tertiary/aromatic N) is 1. The summed E-state index contributed by atoms with van der Waals surface area (Å²) in [5.74, 6) is -0.155. The number of hydrogen-bond donors (Lipinski definition) is 1. The minimum atomic E-state index is -0.500. The van der Waals surface area contributed by atoms with E-state index < -0.39 is 4.92 Å². The molecule has 7 heteroatoms. The van der Waals surface area contributed by atoms with Crippen LogP contribution in [-0.2, 0) is 6.54 Å². The third-order valence-electron chi connectivity index (χ3n) is 2.85. The molecule has 0 saturated carbocycles. The molecule has 0 unspecified atom stereocenters. The molecule has 0 aliphatic rings. The maximum atomic E-state index is 13.2. The average Bonchev–Trinajstić information content (AvgIpc) is 2.47. The average molecular weight is 355 g/mol. The van der Waals surface area contributed by atoms with Crippen LogP contribution < -0.4 is 10.1 Å². The zero-order valence-electron chi connectivity index (χ0n) is 11.1. The van der Waals surface area contributed by atoms with Gasteiger partial charge in [0.25, 0.3) is 0 Å². The number of ether oxygens (including phenoxy) is 1. The van der Waals surface area contributed by atoms with Crippen molar-refractivity contribution in [3.63, 3.8) is 0 Å². The largest absolute Gasteiger partial charge is 0.490 e. The van der Waals surface area contributed by atoms with Gasteiger partial charge in [-0.15, -0.1) is 0 Å². The van der Waals surface area contributed by atoms with E-state index in [0.717, 1.165) is 0 Å². The van der Waals surface area contributed by atoms with Crippen molar-refractivity contribution in [1.29, 1.82) is 0 Å². The second-order valence-electron chi connectivity index (χ2n) is 4.24. The van der Waals surface area contributed by atoms with E-state index in [1.165, 1.54) is 31.4 Å². The lowest BCUT2D eigenvalue weighted by Gasteiger charge is -2.09. The fourth-order valence-electron chi connectivity index (χ4n) is 1.82. The third kappa shape index (κ3) is 3.69. The van der Waals surface area contributed by atoms with Crippen LogP contribution in [0.5, 0.6) is 5.75 Å². The Kier molecular flexibility index (Phi) is 4.74. The Hall–Kier alpha value is -2.15. The molecule has 0 heterocycles. The molecular weight excluding hydrogens is 343 g/mol. The normalized spacial score (nSPS) is 10.2. The zero-order chi connectivity index (χ0) is 15.4. The molecule has 110 valence electrons. The molecule has 2 aromatic rings. The monoisotopic (exact) mass is 354 g/mol. The summed E-state index contributed by atoms with van der Waals surface area (Å²) in [7, 11) is 1.38. The lowest BCUT2D eigenvalue weighted by Crippen LogP contribution is -2.02. The number of anilines is 1. The van der Waals surface area contributed by atoms with Crippen molar-refractivity contribution in [2.45, 2.75) is 6.54 Å². The smallest absolute Gasteiger partial charge is 0.311 e. The predicted molar refractivity (Wildman–Crippen MR) is 81.1 cm³/mol. The van der Waals surface area contributed by atoms with E-state index in [2.05, 4.69) is 21.2 Å². The molecule has 5 nitrogen and oxygen atoms in total. The summed E-state index contributed by atoms with van der Waals surface area (Å²) in [5.41, 5.74) is 1.17. The summed E-state index contributed by atoms with van der Waals surface area (Å²) in [6.45, 7) is 0.326. The summed E-state index contributed by atoms with van der Waals surface area (Å²) in [5, 5.41) is 14.0. The van der Waals surface area contributed by atoms with Gasteiger partial charge in [0.15, 0.2) is 5.75 Å². The van der Waals surface area contributed by atoms with Crippen molar-refractivity contribution in [3.8, 4) is 5.75 Å². The van der Waals surface area contributed by atoms with Crippen molar-refractivity contribution in [1.82, 2.24) is 0 Å². The van der Waals surface area contributed by atoms with Crippen molar-refractivity contribution in [2.75, 3.05) is 12.4 Å². The van der Waals surface area contributed by atoms with Crippen LogP contribution in [-0.4, -0.2) is 12.0 Å². The lowest BCUT2D eigenvalue weighted by atomic mass is 10.2. The number of halogens is 2. The summed E-state index contributed by atoms with van der Waals surface area (Å²) < 4.78 is 18.8. The first-order valence-corrected chi connectivity index (χ1v) is 6.81. The van der Waals surface area contributed by atoms with Crippen molar-refractivity contribution in [2.24, 2.45) is 0 Å². The Morgan fingerprint density at radius 3 is 2.76 bits per heavy atom. The Morgan fingerprint density at radius 2 is 2.10 bits per heavy atom. The highest BCUT2D eigenvalue weighted by atomic mass is 79.9. The van der Waals surface area contributed by atoms with Gasteiger partial charge in [-0.05, 0) is 45.8 Å². The first-order valence-electron chi connectivity index (χ1n) is 6.01. The molecule has 0 bridgehead atoms. The van der Waals surface area contributed by atoms with Gasteiger partial charge in [-0.1, -0.05) is 6.07 Å². The van der Waals surface area contributed by atoms with Gasteiger partial charge in [0, 0.05) is 17.1 Å². The van der Waals surface area contributed by atoms with Crippen molar-refractivity contribution >= 4 is 27.3 Å². The van der Waals surface area contributed by atoms with Crippen LogP contribution in [0.15, 0.2) is 40.9 Å². The molecule has 0 atom stereocenters. The molecule has 1 N–H and O–H groups in total. The van der Waals surface area contributed by atoms with Crippen LogP contribution in [0.25, 0.3) is 0 Å². The molecule has 0 spiro atoms.